The number of nitrogens with one attached hydrogen (secondary N) is 1. The van der Waals surface area contributed by atoms with Gasteiger partial charge in [0.05, 0.1) is 13.2 Å². The number of amides is 2. The van der Waals surface area contributed by atoms with Crippen LogP contribution in [-0.2, 0) is 20.9 Å². The molecule has 0 saturated carbocycles. The van der Waals surface area contributed by atoms with Gasteiger partial charge in [-0.2, -0.15) is 0 Å². The summed E-state index contributed by atoms with van der Waals surface area (Å²) >= 11 is 0. The van der Waals surface area contributed by atoms with E-state index >= 15 is 0 Å². The van der Waals surface area contributed by atoms with Crippen molar-refractivity contribution >= 4 is 11.8 Å². The highest BCUT2D eigenvalue weighted by Gasteiger charge is 2.39. The van der Waals surface area contributed by atoms with Gasteiger partial charge in [-0.25, -0.2) is 4.39 Å². The van der Waals surface area contributed by atoms with E-state index in [2.05, 4.69) is 5.32 Å². The first-order valence-electron chi connectivity index (χ1n) is 6.83. The van der Waals surface area contributed by atoms with Crippen molar-refractivity contribution in [1.82, 2.24) is 10.2 Å². The molecular formula is C15H19FN2O3. The third kappa shape index (κ3) is 3.78. The quantitative estimate of drug-likeness (QED) is 0.907. The number of morpholine rings is 1. The lowest BCUT2D eigenvalue weighted by molar-refractivity contribution is -0.162. The summed E-state index contributed by atoms with van der Waals surface area (Å²) < 4.78 is 18.4. The molecule has 1 saturated heterocycles. The molecule has 21 heavy (non-hydrogen) atoms. The number of carbonyl (C=O) groups excluding carboxylic acids is 2. The van der Waals surface area contributed by atoms with Gasteiger partial charge in [0.1, 0.15) is 5.82 Å². The number of ether oxygens (including phenoxy) is 1. The second-order valence-electron chi connectivity index (χ2n) is 5.33. The molecule has 114 valence electrons. The van der Waals surface area contributed by atoms with Crippen molar-refractivity contribution in [2.24, 2.45) is 0 Å². The van der Waals surface area contributed by atoms with Gasteiger partial charge >= 0.3 is 0 Å². The number of benzene rings is 1. The first-order chi connectivity index (χ1) is 9.90. The molecule has 1 aliphatic rings. The zero-order valence-corrected chi connectivity index (χ0v) is 12.2. The fourth-order valence-electron chi connectivity index (χ4n) is 2.25. The zero-order chi connectivity index (χ0) is 15.5. The Morgan fingerprint density at radius 1 is 1.38 bits per heavy atom. The summed E-state index contributed by atoms with van der Waals surface area (Å²) in [5.74, 6) is -0.668. The molecule has 0 aromatic heterocycles. The van der Waals surface area contributed by atoms with Crippen molar-refractivity contribution < 1.29 is 18.7 Å². The number of rotatable bonds is 3. The second-order valence-corrected chi connectivity index (χ2v) is 5.33. The highest BCUT2D eigenvalue weighted by molar-refractivity contribution is 5.86. The van der Waals surface area contributed by atoms with Crippen molar-refractivity contribution in [3.8, 4) is 0 Å². The van der Waals surface area contributed by atoms with Crippen LogP contribution in [0.15, 0.2) is 24.3 Å². The number of nitrogens with zero attached hydrogens (tertiary/aromatic N) is 1. The van der Waals surface area contributed by atoms with Crippen LogP contribution in [0, 0.1) is 5.82 Å². The number of hydrogen-bond acceptors (Lipinski definition) is 3. The van der Waals surface area contributed by atoms with Gasteiger partial charge in [-0.15, -0.1) is 0 Å². The third-order valence-corrected chi connectivity index (χ3v) is 3.57. The van der Waals surface area contributed by atoms with E-state index in [-0.39, 0.29) is 30.7 Å². The summed E-state index contributed by atoms with van der Waals surface area (Å²) in [7, 11) is 0. The highest BCUT2D eigenvalue weighted by atomic mass is 19.1. The summed E-state index contributed by atoms with van der Waals surface area (Å²) in [6, 6.07) is 5.92. The number of hydrogen-bond donors (Lipinski definition) is 1. The molecule has 0 spiro atoms. The largest absolute Gasteiger partial charge is 0.362 e. The Hall–Kier alpha value is -1.95. The molecule has 0 unspecified atom stereocenters. The molecule has 1 aromatic carbocycles. The third-order valence-electron chi connectivity index (χ3n) is 3.57. The van der Waals surface area contributed by atoms with Crippen molar-refractivity contribution in [3.05, 3.63) is 35.6 Å². The number of carbonyl (C=O) groups is 2. The molecule has 1 aliphatic heterocycles. The smallest absolute Gasteiger partial charge is 0.254 e. The van der Waals surface area contributed by atoms with E-state index in [1.54, 1.807) is 24.0 Å². The average Bonchev–Trinajstić information content (AvgIpc) is 2.46. The molecule has 5 nitrogen and oxygen atoms in total. The Kier molecular flexibility index (Phi) is 4.57. The number of halogens is 1. The van der Waals surface area contributed by atoms with Crippen LogP contribution in [0.4, 0.5) is 4.39 Å². The van der Waals surface area contributed by atoms with Gasteiger partial charge in [-0.3, -0.25) is 9.59 Å². The van der Waals surface area contributed by atoms with Gasteiger partial charge in [-0.1, -0.05) is 12.1 Å². The second kappa shape index (κ2) is 6.22. The maximum absolute atomic E-state index is 12.8. The Balaban J connectivity index is 1.95. The fraction of sp³-hybridized carbons (Fsp3) is 0.467. The molecule has 1 heterocycles. The van der Waals surface area contributed by atoms with E-state index in [9.17, 15) is 14.0 Å². The Morgan fingerprint density at radius 3 is 2.67 bits per heavy atom. The van der Waals surface area contributed by atoms with Crippen molar-refractivity contribution in [3.63, 3.8) is 0 Å². The van der Waals surface area contributed by atoms with Gasteiger partial charge < -0.3 is 15.0 Å². The van der Waals surface area contributed by atoms with E-state index in [1.165, 1.54) is 19.1 Å². The zero-order valence-electron chi connectivity index (χ0n) is 12.2. The Labute approximate surface area is 123 Å². The first-order valence-corrected chi connectivity index (χ1v) is 6.83. The van der Waals surface area contributed by atoms with Gasteiger partial charge in [0, 0.05) is 20.0 Å². The molecule has 0 bridgehead atoms. The predicted molar refractivity (Wildman–Crippen MR) is 74.9 cm³/mol. The van der Waals surface area contributed by atoms with Crippen LogP contribution in [0.1, 0.15) is 19.4 Å². The summed E-state index contributed by atoms with van der Waals surface area (Å²) in [5.41, 5.74) is -0.253. The van der Waals surface area contributed by atoms with Gasteiger partial charge in [0.2, 0.25) is 5.91 Å². The Bertz CT molecular complexity index is 532. The van der Waals surface area contributed by atoms with Crippen LogP contribution < -0.4 is 5.32 Å². The first kappa shape index (κ1) is 15.4. The fourth-order valence-corrected chi connectivity index (χ4v) is 2.25. The minimum absolute atomic E-state index is 0.0733. The lowest BCUT2D eigenvalue weighted by Gasteiger charge is -2.38. The molecule has 0 aliphatic carbocycles. The molecule has 6 heteroatoms. The normalized spacial score (nSPS) is 22.0. The molecule has 0 radical (unpaired) electrons. The average molecular weight is 294 g/mol. The van der Waals surface area contributed by atoms with E-state index in [0.29, 0.717) is 13.2 Å². The van der Waals surface area contributed by atoms with Crippen LogP contribution in [0.25, 0.3) is 0 Å². The van der Waals surface area contributed by atoms with Crippen molar-refractivity contribution in [2.75, 3.05) is 19.7 Å². The molecule has 2 amide bonds. The van der Waals surface area contributed by atoms with Crippen molar-refractivity contribution in [1.29, 1.82) is 0 Å². The van der Waals surface area contributed by atoms with Crippen LogP contribution in [0.5, 0.6) is 0 Å². The summed E-state index contributed by atoms with van der Waals surface area (Å²) in [6.07, 6.45) is 0. The molecule has 1 N–H and O–H groups in total. The SMILES string of the molecule is CC(=O)N1CCO[C@](C)(C(=O)NCc2ccc(F)cc2)C1. The van der Waals surface area contributed by atoms with Gasteiger partial charge in [0.25, 0.3) is 5.91 Å². The molecule has 1 atom stereocenters. The van der Waals surface area contributed by atoms with Crippen LogP contribution in [0.2, 0.25) is 0 Å². The van der Waals surface area contributed by atoms with E-state index in [0.717, 1.165) is 5.56 Å². The van der Waals surface area contributed by atoms with E-state index in [1.807, 2.05) is 0 Å². The van der Waals surface area contributed by atoms with Crippen LogP contribution in [-0.4, -0.2) is 42.0 Å². The van der Waals surface area contributed by atoms with E-state index in [4.69, 9.17) is 4.74 Å². The highest BCUT2D eigenvalue weighted by Crippen LogP contribution is 2.18. The lowest BCUT2D eigenvalue weighted by Crippen LogP contribution is -2.58. The maximum Gasteiger partial charge on any atom is 0.254 e. The lowest BCUT2D eigenvalue weighted by atomic mass is 10.0. The minimum atomic E-state index is -1.05. The summed E-state index contributed by atoms with van der Waals surface area (Å²) in [6.45, 7) is 4.50. The standard InChI is InChI=1S/C15H19FN2O3/c1-11(19)18-7-8-21-15(2,10-18)14(20)17-9-12-3-5-13(16)6-4-12/h3-6H,7-10H2,1-2H3,(H,17,20)/t15-/m0/s1. The van der Waals surface area contributed by atoms with Crippen molar-refractivity contribution in [2.45, 2.75) is 26.0 Å². The van der Waals surface area contributed by atoms with Gasteiger partial charge in [0.15, 0.2) is 5.60 Å². The van der Waals surface area contributed by atoms with Crippen LogP contribution >= 0.6 is 0 Å². The minimum Gasteiger partial charge on any atom is -0.362 e. The molecular weight excluding hydrogens is 275 g/mol. The summed E-state index contributed by atoms with van der Waals surface area (Å²) in [5, 5.41) is 2.76. The molecule has 1 aromatic rings. The summed E-state index contributed by atoms with van der Waals surface area (Å²) in [4.78, 5) is 25.3. The van der Waals surface area contributed by atoms with E-state index < -0.39 is 5.60 Å². The Morgan fingerprint density at radius 2 is 2.05 bits per heavy atom. The monoisotopic (exact) mass is 294 g/mol. The molecule has 1 fully saturated rings. The van der Waals surface area contributed by atoms with Gasteiger partial charge in [-0.05, 0) is 24.6 Å². The maximum atomic E-state index is 12.8. The molecule has 2 rings (SSSR count). The van der Waals surface area contributed by atoms with Crippen LogP contribution in [0.3, 0.4) is 0 Å². The topological polar surface area (TPSA) is 58.6 Å². The predicted octanol–water partition coefficient (Wildman–Crippen LogP) is 1.08.